The number of nitrogens with zero attached hydrogens (tertiary/aromatic N) is 3. The van der Waals surface area contributed by atoms with Crippen LogP contribution in [0.5, 0.6) is 5.75 Å². The molecular weight excluding hydrogens is 587 g/mol. The molecule has 4 aromatic rings. The standard InChI is InChI=1S/C30H30F3N3O6S/c1-4-40-28(37)19-36(43(38,39)35(3)25-8-6-5-7-9-25)18-22-10-16-26(17-11-22)41-20-27-21(2)42-29(34-27)23-12-14-24(15-13-23)30(31,32)33/h5-17H,4,18-20H2,1-3H3. The predicted molar refractivity (Wildman–Crippen MR) is 153 cm³/mol. The Balaban J connectivity index is 1.44. The highest BCUT2D eigenvalue weighted by molar-refractivity contribution is 7.90. The molecule has 0 spiro atoms. The zero-order valence-corrected chi connectivity index (χ0v) is 24.5. The topological polar surface area (TPSA) is 102 Å². The van der Waals surface area contributed by atoms with Crippen molar-refractivity contribution >= 4 is 21.9 Å². The maximum Gasteiger partial charge on any atom is 0.416 e. The number of carbonyl (C=O) groups is 1. The van der Waals surface area contributed by atoms with Crippen LogP contribution in [-0.2, 0) is 39.1 Å². The predicted octanol–water partition coefficient (Wildman–Crippen LogP) is 5.99. The minimum absolute atomic E-state index is 0.0283. The Kier molecular flexibility index (Phi) is 9.77. The van der Waals surface area contributed by atoms with Crippen LogP contribution in [0.3, 0.4) is 0 Å². The molecule has 1 heterocycles. The van der Waals surface area contributed by atoms with Crippen LogP contribution in [0.1, 0.15) is 29.5 Å². The number of hydrogen-bond acceptors (Lipinski definition) is 7. The SMILES string of the molecule is CCOC(=O)CN(Cc1ccc(OCc2nc(-c3ccc(C(F)(F)F)cc3)oc2C)cc1)S(=O)(=O)N(C)c1ccccc1. The van der Waals surface area contributed by atoms with Crippen LogP contribution in [0.4, 0.5) is 18.9 Å². The zero-order chi connectivity index (χ0) is 31.2. The summed E-state index contributed by atoms with van der Waals surface area (Å²) in [6, 6.07) is 19.7. The molecule has 0 aliphatic heterocycles. The largest absolute Gasteiger partial charge is 0.487 e. The average Bonchev–Trinajstić information content (AvgIpc) is 3.36. The highest BCUT2D eigenvalue weighted by atomic mass is 32.2. The first kappa shape index (κ1) is 31.6. The van der Waals surface area contributed by atoms with Gasteiger partial charge in [-0.3, -0.25) is 9.10 Å². The number of rotatable bonds is 12. The van der Waals surface area contributed by atoms with Crippen LogP contribution in [0, 0.1) is 6.92 Å². The number of ether oxygens (including phenoxy) is 2. The van der Waals surface area contributed by atoms with Crippen molar-refractivity contribution in [2.24, 2.45) is 0 Å². The normalized spacial score (nSPS) is 11.9. The molecule has 0 aliphatic carbocycles. The number of hydrogen-bond donors (Lipinski definition) is 0. The van der Waals surface area contributed by atoms with Gasteiger partial charge in [-0.15, -0.1) is 0 Å². The van der Waals surface area contributed by atoms with E-state index in [-0.39, 0.29) is 25.6 Å². The van der Waals surface area contributed by atoms with Gasteiger partial charge >= 0.3 is 22.4 Å². The maximum absolute atomic E-state index is 13.5. The molecule has 0 aliphatic rings. The van der Waals surface area contributed by atoms with E-state index in [1.54, 1.807) is 68.4 Å². The molecule has 0 saturated heterocycles. The van der Waals surface area contributed by atoms with Crippen LogP contribution < -0.4 is 9.04 Å². The first-order valence-electron chi connectivity index (χ1n) is 13.2. The van der Waals surface area contributed by atoms with Crippen molar-refractivity contribution in [1.82, 2.24) is 9.29 Å². The van der Waals surface area contributed by atoms with Crippen LogP contribution in [-0.4, -0.2) is 43.9 Å². The van der Waals surface area contributed by atoms with Gasteiger partial charge < -0.3 is 13.9 Å². The van der Waals surface area contributed by atoms with Crippen LogP contribution in [0.25, 0.3) is 11.5 Å². The summed E-state index contributed by atoms with van der Waals surface area (Å²) in [6.07, 6.45) is -4.44. The van der Waals surface area contributed by atoms with E-state index in [0.29, 0.717) is 34.0 Å². The van der Waals surface area contributed by atoms with Gasteiger partial charge in [0.05, 0.1) is 17.9 Å². The quantitative estimate of drug-likeness (QED) is 0.180. The summed E-state index contributed by atoms with van der Waals surface area (Å²) in [7, 11) is -2.69. The Hall–Kier alpha value is -4.36. The number of para-hydroxylation sites is 1. The van der Waals surface area contributed by atoms with Gasteiger partial charge in [-0.1, -0.05) is 30.3 Å². The van der Waals surface area contributed by atoms with Crippen molar-refractivity contribution in [3.05, 3.63) is 101 Å². The third-order valence-electron chi connectivity index (χ3n) is 6.41. The van der Waals surface area contributed by atoms with E-state index in [1.807, 2.05) is 0 Å². The lowest BCUT2D eigenvalue weighted by atomic mass is 10.1. The second-order valence-corrected chi connectivity index (χ2v) is 11.4. The lowest BCUT2D eigenvalue weighted by molar-refractivity contribution is -0.143. The van der Waals surface area contributed by atoms with Crippen molar-refractivity contribution < 1.29 is 40.3 Å². The van der Waals surface area contributed by atoms with Crippen LogP contribution in [0.15, 0.2) is 83.3 Å². The van der Waals surface area contributed by atoms with E-state index in [1.165, 1.54) is 19.2 Å². The number of halogens is 3. The van der Waals surface area contributed by atoms with E-state index >= 15 is 0 Å². The van der Waals surface area contributed by atoms with E-state index in [0.717, 1.165) is 20.7 Å². The molecule has 0 N–H and O–H groups in total. The van der Waals surface area contributed by atoms with Crippen LogP contribution in [0.2, 0.25) is 0 Å². The Morgan fingerprint density at radius 2 is 1.63 bits per heavy atom. The minimum Gasteiger partial charge on any atom is -0.487 e. The number of aromatic nitrogens is 1. The first-order chi connectivity index (χ1) is 20.4. The fourth-order valence-corrected chi connectivity index (χ4v) is 5.36. The lowest BCUT2D eigenvalue weighted by Crippen LogP contribution is -2.44. The summed E-state index contributed by atoms with van der Waals surface area (Å²) in [4.78, 5) is 16.6. The van der Waals surface area contributed by atoms with Crippen molar-refractivity contribution in [2.45, 2.75) is 33.2 Å². The summed E-state index contributed by atoms with van der Waals surface area (Å²) < 4.78 is 84.1. The van der Waals surface area contributed by atoms with Crippen molar-refractivity contribution in [3.8, 4) is 17.2 Å². The molecule has 13 heteroatoms. The number of aryl methyl sites for hydroxylation is 1. The fourth-order valence-electron chi connectivity index (χ4n) is 4.05. The molecule has 0 unspecified atom stereocenters. The third-order valence-corrected chi connectivity index (χ3v) is 8.23. The molecule has 43 heavy (non-hydrogen) atoms. The molecule has 0 bridgehead atoms. The molecule has 9 nitrogen and oxygen atoms in total. The number of alkyl halides is 3. The van der Waals surface area contributed by atoms with Crippen molar-refractivity contribution in [1.29, 1.82) is 0 Å². The summed E-state index contributed by atoms with van der Waals surface area (Å²) >= 11 is 0. The minimum atomic E-state index is -4.44. The molecule has 228 valence electrons. The molecule has 0 amide bonds. The lowest BCUT2D eigenvalue weighted by Gasteiger charge is -2.28. The van der Waals surface area contributed by atoms with Gasteiger partial charge in [-0.25, -0.2) is 4.98 Å². The van der Waals surface area contributed by atoms with Gasteiger partial charge in [-0.2, -0.15) is 25.9 Å². The van der Waals surface area contributed by atoms with Crippen molar-refractivity contribution in [2.75, 3.05) is 24.5 Å². The van der Waals surface area contributed by atoms with E-state index in [9.17, 15) is 26.4 Å². The number of oxazole rings is 1. The fraction of sp³-hybridized carbons (Fsp3) is 0.267. The average molecular weight is 618 g/mol. The molecule has 0 radical (unpaired) electrons. The van der Waals surface area contributed by atoms with Gasteiger partial charge in [0.15, 0.2) is 0 Å². The van der Waals surface area contributed by atoms with Gasteiger partial charge in [0.2, 0.25) is 5.89 Å². The molecular formula is C30H30F3N3O6S. The number of benzene rings is 3. The Morgan fingerprint density at radius 3 is 2.23 bits per heavy atom. The molecule has 0 atom stereocenters. The Labute approximate surface area is 247 Å². The van der Waals surface area contributed by atoms with E-state index < -0.39 is 34.5 Å². The van der Waals surface area contributed by atoms with Gasteiger partial charge in [0, 0.05) is 19.2 Å². The second kappa shape index (κ2) is 13.3. The van der Waals surface area contributed by atoms with E-state index in [4.69, 9.17) is 13.9 Å². The zero-order valence-electron chi connectivity index (χ0n) is 23.7. The molecule has 0 saturated carbocycles. The number of anilines is 1. The summed E-state index contributed by atoms with van der Waals surface area (Å²) in [5.74, 6) is 0.409. The highest BCUT2D eigenvalue weighted by Gasteiger charge is 2.31. The molecule has 4 rings (SSSR count). The summed E-state index contributed by atoms with van der Waals surface area (Å²) in [5, 5.41) is 0. The second-order valence-electron chi connectivity index (χ2n) is 9.41. The maximum atomic E-state index is 13.5. The highest BCUT2D eigenvalue weighted by Crippen LogP contribution is 2.31. The first-order valence-corrected chi connectivity index (χ1v) is 14.6. The van der Waals surface area contributed by atoms with Crippen LogP contribution >= 0.6 is 0 Å². The van der Waals surface area contributed by atoms with E-state index in [2.05, 4.69) is 4.98 Å². The Morgan fingerprint density at radius 1 is 0.977 bits per heavy atom. The van der Waals surface area contributed by atoms with Gasteiger partial charge in [0.25, 0.3) is 0 Å². The number of esters is 1. The molecule has 3 aromatic carbocycles. The summed E-state index contributed by atoms with van der Waals surface area (Å²) in [5.41, 5.74) is 1.13. The number of carbonyl (C=O) groups excluding carboxylic acids is 1. The van der Waals surface area contributed by atoms with Gasteiger partial charge in [-0.05, 0) is 67.9 Å². The molecule has 1 aromatic heterocycles. The summed E-state index contributed by atoms with van der Waals surface area (Å²) in [6.45, 7) is 2.88. The smallest absolute Gasteiger partial charge is 0.416 e. The van der Waals surface area contributed by atoms with Crippen molar-refractivity contribution in [3.63, 3.8) is 0 Å². The van der Waals surface area contributed by atoms with Gasteiger partial charge in [0.1, 0.15) is 30.4 Å². The molecule has 0 fully saturated rings. The monoisotopic (exact) mass is 617 g/mol. The third kappa shape index (κ3) is 7.93. The Bertz CT molecular complexity index is 1620.